The molecule has 40 heavy (non-hydrogen) atoms. The predicted octanol–water partition coefficient (Wildman–Crippen LogP) is 5.85. The van der Waals surface area contributed by atoms with Crippen LogP contribution in [0.4, 0.5) is 16.0 Å². The van der Waals surface area contributed by atoms with E-state index < -0.39 is 11.8 Å². The van der Waals surface area contributed by atoms with Crippen LogP contribution in [0.3, 0.4) is 0 Å². The molecular weight excluding hydrogens is 511 g/mol. The topological polar surface area (TPSA) is 106 Å². The SMILES string of the molecule is CCC#Cc1ccc2c(c1)C(c1c(F)cccc1OC)=NCc1cnc(Nc3ccc(C(=O)O)c(OC)c3)nc1-2. The number of rotatable bonds is 6. The number of methoxy groups -OCH3 is 2. The average molecular weight is 537 g/mol. The molecule has 3 aromatic carbocycles. The molecule has 1 aliphatic rings. The summed E-state index contributed by atoms with van der Waals surface area (Å²) in [6.45, 7) is 2.19. The number of hydrogen-bond donors (Lipinski definition) is 2. The van der Waals surface area contributed by atoms with Crippen molar-refractivity contribution in [1.82, 2.24) is 9.97 Å². The fraction of sp³-hybridized carbons (Fsp3) is 0.161. The van der Waals surface area contributed by atoms with Crippen molar-refractivity contribution in [3.8, 4) is 34.6 Å². The zero-order valence-electron chi connectivity index (χ0n) is 22.1. The Kier molecular flexibility index (Phi) is 7.42. The molecule has 0 radical (unpaired) electrons. The molecule has 0 amide bonds. The number of fused-ring (bicyclic) bond motifs is 3. The highest BCUT2D eigenvalue weighted by molar-refractivity contribution is 6.18. The number of carboxylic acid groups (broad SMARTS) is 1. The van der Waals surface area contributed by atoms with Gasteiger partial charge in [0.1, 0.15) is 22.9 Å². The number of anilines is 2. The Bertz CT molecular complexity index is 1720. The third-order valence-electron chi connectivity index (χ3n) is 6.33. The second kappa shape index (κ2) is 11.3. The minimum Gasteiger partial charge on any atom is -0.496 e. The van der Waals surface area contributed by atoms with Gasteiger partial charge < -0.3 is 19.9 Å². The second-order valence-corrected chi connectivity index (χ2v) is 8.81. The van der Waals surface area contributed by atoms with Gasteiger partial charge in [-0.2, -0.15) is 0 Å². The maximum absolute atomic E-state index is 15.3. The lowest BCUT2D eigenvalue weighted by Gasteiger charge is -2.15. The number of benzene rings is 3. The Hall–Kier alpha value is -5.23. The van der Waals surface area contributed by atoms with Crippen molar-refractivity contribution < 1.29 is 23.8 Å². The van der Waals surface area contributed by atoms with Crippen LogP contribution in [0.5, 0.6) is 11.5 Å². The van der Waals surface area contributed by atoms with E-state index in [0.717, 1.165) is 16.7 Å². The number of carbonyl (C=O) groups is 1. The summed E-state index contributed by atoms with van der Waals surface area (Å²) in [6.07, 6.45) is 2.37. The van der Waals surface area contributed by atoms with E-state index in [9.17, 15) is 9.90 Å². The molecule has 0 saturated heterocycles. The standard InChI is InChI=1S/C31H25FN4O4/c1-4-5-7-18-10-12-21-23(14-18)29(27-24(32)8-6-9-25(27)39-2)33-16-19-17-34-31(36-28(19)21)35-20-11-13-22(30(37)38)26(15-20)40-3/h6,8-15,17H,4,16H2,1-3H3,(H,37,38)(H,34,35,36). The minimum atomic E-state index is -1.09. The zero-order chi connectivity index (χ0) is 28.2. The van der Waals surface area contributed by atoms with E-state index >= 15 is 4.39 Å². The van der Waals surface area contributed by atoms with Gasteiger partial charge in [-0.3, -0.25) is 4.99 Å². The van der Waals surface area contributed by atoms with Gasteiger partial charge in [-0.15, -0.1) is 0 Å². The van der Waals surface area contributed by atoms with Gasteiger partial charge in [0, 0.05) is 46.6 Å². The van der Waals surface area contributed by atoms with Crippen molar-refractivity contribution >= 4 is 23.3 Å². The average Bonchev–Trinajstić information content (AvgIpc) is 3.12. The molecule has 2 N–H and O–H groups in total. The first-order valence-electron chi connectivity index (χ1n) is 12.5. The van der Waals surface area contributed by atoms with Gasteiger partial charge in [-0.05, 0) is 36.4 Å². The summed E-state index contributed by atoms with van der Waals surface area (Å²) in [6, 6.07) is 15.0. The Morgan fingerprint density at radius 3 is 2.65 bits per heavy atom. The first-order chi connectivity index (χ1) is 19.4. The number of hydrogen-bond acceptors (Lipinski definition) is 7. The van der Waals surface area contributed by atoms with Crippen LogP contribution in [0.1, 0.15) is 46.0 Å². The highest BCUT2D eigenvalue weighted by Crippen LogP contribution is 2.36. The van der Waals surface area contributed by atoms with Gasteiger partial charge in [0.05, 0.1) is 37.7 Å². The lowest BCUT2D eigenvalue weighted by atomic mass is 9.93. The Morgan fingerprint density at radius 2 is 1.90 bits per heavy atom. The van der Waals surface area contributed by atoms with Gasteiger partial charge in [0.2, 0.25) is 5.95 Å². The summed E-state index contributed by atoms with van der Waals surface area (Å²) < 4.78 is 26.0. The number of aliphatic imine (C=N–C) groups is 1. The maximum atomic E-state index is 15.3. The van der Waals surface area contributed by atoms with E-state index in [1.807, 2.05) is 25.1 Å². The summed E-state index contributed by atoms with van der Waals surface area (Å²) in [5.41, 5.74) is 4.85. The number of ether oxygens (including phenoxy) is 2. The number of nitrogens with zero attached hydrogens (tertiary/aromatic N) is 3. The monoisotopic (exact) mass is 536 g/mol. The van der Waals surface area contributed by atoms with Crippen LogP contribution in [-0.2, 0) is 6.54 Å². The molecular formula is C31H25FN4O4. The summed E-state index contributed by atoms with van der Waals surface area (Å²) >= 11 is 0. The molecule has 0 unspecified atom stereocenters. The second-order valence-electron chi connectivity index (χ2n) is 8.81. The molecule has 0 fully saturated rings. The number of aromatic nitrogens is 2. The van der Waals surface area contributed by atoms with E-state index in [1.54, 1.807) is 30.5 Å². The first kappa shape index (κ1) is 26.4. The summed E-state index contributed by atoms with van der Waals surface area (Å²) in [5.74, 6) is 5.54. The lowest BCUT2D eigenvalue weighted by molar-refractivity contribution is 0.0693. The highest BCUT2D eigenvalue weighted by Gasteiger charge is 2.25. The maximum Gasteiger partial charge on any atom is 0.339 e. The molecule has 9 heteroatoms. The van der Waals surface area contributed by atoms with Crippen LogP contribution in [0.15, 0.2) is 65.8 Å². The number of aromatic carboxylic acids is 1. The molecule has 0 bridgehead atoms. The molecule has 200 valence electrons. The largest absolute Gasteiger partial charge is 0.496 e. The minimum absolute atomic E-state index is 0.0417. The van der Waals surface area contributed by atoms with Gasteiger partial charge >= 0.3 is 5.97 Å². The number of carboxylic acids is 1. The van der Waals surface area contributed by atoms with Gasteiger partial charge in [-0.1, -0.05) is 30.9 Å². The van der Waals surface area contributed by atoms with Crippen LogP contribution in [0.25, 0.3) is 11.3 Å². The van der Waals surface area contributed by atoms with Gasteiger partial charge in [0.25, 0.3) is 0 Å². The molecule has 0 spiro atoms. The van der Waals surface area contributed by atoms with Gasteiger partial charge in [0.15, 0.2) is 0 Å². The van der Waals surface area contributed by atoms with Crippen LogP contribution < -0.4 is 14.8 Å². The summed E-state index contributed by atoms with van der Waals surface area (Å²) in [5, 5.41) is 12.5. The van der Waals surface area contributed by atoms with Crippen molar-refractivity contribution in [2.75, 3.05) is 19.5 Å². The normalized spacial score (nSPS) is 11.7. The van der Waals surface area contributed by atoms with Crippen LogP contribution in [0, 0.1) is 17.7 Å². The molecule has 4 aromatic rings. The van der Waals surface area contributed by atoms with Crippen molar-refractivity contribution in [3.63, 3.8) is 0 Å². The summed E-state index contributed by atoms with van der Waals surface area (Å²) in [7, 11) is 2.90. The van der Waals surface area contributed by atoms with E-state index in [2.05, 4.69) is 22.1 Å². The van der Waals surface area contributed by atoms with Crippen LogP contribution in [-0.4, -0.2) is 41.0 Å². The van der Waals surface area contributed by atoms with Crippen molar-refractivity contribution in [2.24, 2.45) is 4.99 Å². The molecule has 1 aliphatic heterocycles. The predicted molar refractivity (Wildman–Crippen MR) is 150 cm³/mol. The quantitative estimate of drug-likeness (QED) is 0.298. The van der Waals surface area contributed by atoms with Crippen LogP contribution >= 0.6 is 0 Å². The highest BCUT2D eigenvalue weighted by atomic mass is 19.1. The lowest BCUT2D eigenvalue weighted by Crippen LogP contribution is -2.10. The molecule has 2 heterocycles. The zero-order valence-corrected chi connectivity index (χ0v) is 22.1. The van der Waals surface area contributed by atoms with Crippen molar-refractivity contribution in [1.29, 1.82) is 0 Å². The van der Waals surface area contributed by atoms with E-state index in [1.165, 1.54) is 26.4 Å². The third kappa shape index (κ3) is 5.07. The number of nitrogens with one attached hydrogen (secondary N) is 1. The third-order valence-corrected chi connectivity index (χ3v) is 6.33. The van der Waals surface area contributed by atoms with E-state index in [0.29, 0.717) is 34.8 Å². The smallest absolute Gasteiger partial charge is 0.339 e. The molecule has 0 atom stereocenters. The fourth-order valence-corrected chi connectivity index (χ4v) is 4.47. The van der Waals surface area contributed by atoms with Crippen molar-refractivity contribution in [3.05, 3.63) is 94.4 Å². The Balaban J connectivity index is 1.63. The van der Waals surface area contributed by atoms with Gasteiger partial charge in [-0.25, -0.2) is 19.2 Å². The van der Waals surface area contributed by atoms with Crippen molar-refractivity contribution in [2.45, 2.75) is 19.9 Å². The molecule has 1 aromatic heterocycles. The first-order valence-corrected chi connectivity index (χ1v) is 12.5. The summed E-state index contributed by atoms with van der Waals surface area (Å²) in [4.78, 5) is 25.5. The molecule has 0 aliphatic carbocycles. The Morgan fingerprint density at radius 1 is 1.07 bits per heavy atom. The van der Waals surface area contributed by atoms with Crippen LogP contribution in [0.2, 0.25) is 0 Å². The van der Waals surface area contributed by atoms with E-state index in [-0.39, 0.29) is 29.4 Å². The molecule has 8 nitrogen and oxygen atoms in total. The molecule has 5 rings (SSSR count). The van der Waals surface area contributed by atoms with E-state index in [4.69, 9.17) is 19.5 Å². The fourth-order valence-electron chi connectivity index (χ4n) is 4.47. The molecule has 0 saturated carbocycles. The number of halogens is 1. The Labute approximate surface area is 230 Å².